The fraction of sp³-hybridized carbons (Fsp3) is 0.500. The molecular weight excluding hydrogens is 276 g/mol. The number of rotatable bonds is 3. The van der Waals surface area contributed by atoms with E-state index in [2.05, 4.69) is 5.32 Å². The number of carbonyl (C=O) groups excluding carboxylic acids is 1. The van der Waals surface area contributed by atoms with Gasteiger partial charge in [-0.3, -0.25) is 4.79 Å². The predicted octanol–water partition coefficient (Wildman–Crippen LogP) is 1.79. The number of sulfonamides is 1. The zero-order chi connectivity index (χ0) is 14.6. The second-order valence-electron chi connectivity index (χ2n) is 5.20. The van der Waals surface area contributed by atoms with E-state index in [0.717, 1.165) is 25.7 Å². The summed E-state index contributed by atoms with van der Waals surface area (Å²) in [7, 11) is -3.89. The molecule has 3 N–H and O–H groups in total. The Morgan fingerprint density at radius 3 is 2.30 bits per heavy atom. The van der Waals surface area contributed by atoms with Gasteiger partial charge in [-0.15, -0.1) is 0 Å². The summed E-state index contributed by atoms with van der Waals surface area (Å²) in [5, 5.41) is 8.07. The minimum atomic E-state index is -3.89. The van der Waals surface area contributed by atoms with Gasteiger partial charge in [0.15, 0.2) is 0 Å². The van der Waals surface area contributed by atoms with Crippen molar-refractivity contribution in [1.29, 1.82) is 0 Å². The molecule has 20 heavy (non-hydrogen) atoms. The summed E-state index contributed by atoms with van der Waals surface area (Å²) in [5.41, 5.74) is 0.124. The van der Waals surface area contributed by atoms with Gasteiger partial charge in [-0.2, -0.15) is 0 Å². The van der Waals surface area contributed by atoms with Crippen LogP contribution in [0.5, 0.6) is 0 Å². The van der Waals surface area contributed by atoms with E-state index in [-0.39, 0.29) is 22.4 Å². The van der Waals surface area contributed by atoms with Gasteiger partial charge >= 0.3 is 0 Å². The lowest BCUT2D eigenvalue weighted by atomic mass is 10.1. The molecule has 0 radical (unpaired) electrons. The van der Waals surface area contributed by atoms with Crippen LogP contribution in [0.2, 0.25) is 0 Å². The average molecular weight is 296 g/mol. The van der Waals surface area contributed by atoms with Crippen LogP contribution in [0.25, 0.3) is 0 Å². The van der Waals surface area contributed by atoms with Crippen molar-refractivity contribution in [3.63, 3.8) is 0 Å². The number of nitrogens with one attached hydrogen (secondary N) is 1. The summed E-state index contributed by atoms with van der Waals surface area (Å²) in [5.74, 6) is -0.360. The summed E-state index contributed by atoms with van der Waals surface area (Å²) < 4.78 is 23.0. The van der Waals surface area contributed by atoms with Crippen LogP contribution in [-0.2, 0) is 10.0 Å². The number of nitrogens with two attached hydrogens (primary N) is 1. The molecule has 1 aliphatic rings. The molecule has 1 fully saturated rings. The van der Waals surface area contributed by atoms with Crippen molar-refractivity contribution in [3.8, 4) is 0 Å². The van der Waals surface area contributed by atoms with Crippen LogP contribution in [0, 0.1) is 0 Å². The van der Waals surface area contributed by atoms with Gasteiger partial charge in [0, 0.05) is 6.04 Å². The maximum atomic E-state index is 12.3. The van der Waals surface area contributed by atoms with Crippen LogP contribution < -0.4 is 10.5 Å². The molecule has 0 unspecified atom stereocenters. The van der Waals surface area contributed by atoms with E-state index in [1.54, 1.807) is 12.1 Å². The Morgan fingerprint density at radius 1 is 1.10 bits per heavy atom. The zero-order valence-electron chi connectivity index (χ0n) is 11.3. The van der Waals surface area contributed by atoms with Gasteiger partial charge in [0.1, 0.15) is 0 Å². The molecule has 5 nitrogen and oxygen atoms in total. The zero-order valence-corrected chi connectivity index (χ0v) is 12.2. The summed E-state index contributed by atoms with van der Waals surface area (Å²) in [4.78, 5) is 12.1. The smallest absolute Gasteiger partial charge is 0.252 e. The Labute approximate surface area is 119 Å². The van der Waals surface area contributed by atoms with Crippen molar-refractivity contribution in [2.24, 2.45) is 5.14 Å². The summed E-state index contributed by atoms with van der Waals surface area (Å²) >= 11 is 0. The molecule has 0 atom stereocenters. The van der Waals surface area contributed by atoms with E-state index in [4.69, 9.17) is 5.14 Å². The third-order valence-corrected chi connectivity index (χ3v) is 4.60. The van der Waals surface area contributed by atoms with Gasteiger partial charge in [-0.05, 0) is 25.0 Å². The quantitative estimate of drug-likeness (QED) is 0.833. The number of amides is 1. The van der Waals surface area contributed by atoms with E-state index >= 15 is 0 Å². The van der Waals surface area contributed by atoms with Gasteiger partial charge in [-0.1, -0.05) is 37.8 Å². The highest BCUT2D eigenvalue weighted by Crippen LogP contribution is 2.19. The van der Waals surface area contributed by atoms with Gasteiger partial charge in [0.2, 0.25) is 10.0 Å². The van der Waals surface area contributed by atoms with Crippen LogP contribution in [-0.4, -0.2) is 20.4 Å². The lowest BCUT2D eigenvalue weighted by molar-refractivity contribution is 0.0930. The van der Waals surface area contributed by atoms with Crippen molar-refractivity contribution in [1.82, 2.24) is 5.32 Å². The highest BCUT2D eigenvalue weighted by atomic mass is 32.2. The van der Waals surface area contributed by atoms with Crippen LogP contribution in [0.1, 0.15) is 48.9 Å². The maximum absolute atomic E-state index is 12.3. The molecule has 0 spiro atoms. The van der Waals surface area contributed by atoms with E-state index in [1.165, 1.54) is 25.0 Å². The normalized spacial score (nSPS) is 17.4. The number of carbonyl (C=O) groups is 1. The first-order valence-corrected chi connectivity index (χ1v) is 8.46. The molecular formula is C14H20N2O3S. The first kappa shape index (κ1) is 15.0. The van der Waals surface area contributed by atoms with Crippen molar-refractivity contribution < 1.29 is 13.2 Å². The van der Waals surface area contributed by atoms with Crippen molar-refractivity contribution >= 4 is 15.9 Å². The molecule has 6 heteroatoms. The Hall–Kier alpha value is -1.40. The minimum absolute atomic E-state index is 0.119. The highest BCUT2D eigenvalue weighted by molar-refractivity contribution is 7.89. The molecule has 1 aliphatic carbocycles. The summed E-state index contributed by atoms with van der Waals surface area (Å²) in [6, 6.07) is 6.17. The molecule has 2 rings (SSSR count). The number of hydrogen-bond donors (Lipinski definition) is 2. The Kier molecular flexibility index (Phi) is 4.77. The third kappa shape index (κ3) is 3.80. The van der Waals surface area contributed by atoms with Crippen LogP contribution in [0.15, 0.2) is 29.2 Å². The Morgan fingerprint density at radius 2 is 1.70 bits per heavy atom. The molecule has 1 aromatic carbocycles. The van der Waals surface area contributed by atoms with E-state index < -0.39 is 10.0 Å². The molecule has 1 aromatic rings. The first-order valence-electron chi connectivity index (χ1n) is 6.91. The maximum Gasteiger partial charge on any atom is 0.252 e. The van der Waals surface area contributed by atoms with E-state index in [9.17, 15) is 13.2 Å². The molecule has 0 saturated heterocycles. The first-order chi connectivity index (χ1) is 9.48. The van der Waals surface area contributed by atoms with E-state index in [1.807, 2.05) is 0 Å². The van der Waals surface area contributed by atoms with Crippen molar-refractivity contribution in [3.05, 3.63) is 29.8 Å². The predicted molar refractivity (Wildman–Crippen MR) is 76.8 cm³/mol. The number of primary sulfonamides is 1. The lowest BCUT2D eigenvalue weighted by Gasteiger charge is -2.17. The topological polar surface area (TPSA) is 89.3 Å². The van der Waals surface area contributed by atoms with E-state index in [0.29, 0.717) is 0 Å². The third-order valence-electron chi connectivity index (χ3n) is 3.63. The fourth-order valence-electron chi connectivity index (χ4n) is 2.59. The van der Waals surface area contributed by atoms with Gasteiger partial charge < -0.3 is 5.32 Å². The number of benzene rings is 1. The monoisotopic (exact) mass is 296 g/mol. The van der Waals surface area contributed by atoms with Crippen molar-refractivity contribution in [2.75, 3.05) is 0 Å². The Balaban J connectivity index is 2.17. The SMILES string of the molecule is NS(=O)(=O)c1ccccc1C(=O)NC1CCCCCC1. The standard InChI is InChI=1S/C14H20N2O3S/c15-20(18,19)13-10-6-5-9-12(13)14(17)16-11-7-3-1-2-4-8-11/h5-6,9-11H,1-4,7-8H2,(H,16,17)(H2,15,18,19). The molecule has 0 bridgehead atoms. The summed E-state index contributed by atoms with van der Waals surface area (Å²) in [6.45, 7) is 0. The largest absolute Gasteiger partial charge is 0.349 e. The second kappa shape index (κ2) is 6.37. The molecule has 0 heterocycles. The highest BCUT2D eigenvalue weighted by Gasteiger charge is 2.21. The second-order valence-corrected chi connectivity index (χ2v) is 6.73. The Bertz CT molecular complexity index is 576. The van der Waals surface area contributed by atoms with Crippen LogP contribution in [0.3, 0.4) is 0 Å². The van der Waals surface area contributed by atoms with Gasteiger partial charge in [0.25, 0.3) is 5.91 Å². The molecule has 0 aliphatic heterocycles. The minimum Gasteiger partial charge on any atom is -0.349 e. The molecule has 0 aromatic heterocycles. The molecule has 110 valence electrons. The van der Waals surface area contributed by atoms with Gasteiger partial charge in [-0.25, -0.2) is 13.6 Å². The van der Waals surface area contributed by atoms with Crippen molar-refractivity contribution in [2.45, 2.75) is 49.5 Å². The van der Waals surface area contributed by atoms with Gasteiger partial charge in [0.05, 0.1) is 10.5 Å². The fourth-order valence-corrected chi connectivity index (χ4v) is 3.32. The van der Waals surface area contributed by atoms with Crippen LogP contribution in [0.4, 0.5) is 0 Å². The average Bonchev–Trinajstić information content (AvgIpc) is 2.66. The summed E-state index contributed by atoms with van der Waals surface area (Å²) in [6.07, 6.45) is 6.48. The molecule has 1 saturated carbocycles. The molecule has 1 amide bonds. The van der Waals surface area contributed by atoms with Crippen LogP contribution >= 0.6 is 0 Å². The number of hydrogen-bond acceptors (Lipinski definition) is 3. The lowest BCUT2D eigenvalue weighted by Crippen LogP contribution is -2.35.